The van der Waals surface area contributed by atoms with Crippen molar-refractivity contribution in [3.8, 4) is 0 Å². The predicted molar refractivity (Wildman–Crippen MR) is 130 cm³/mol. The number of rotatable bonds is 4. The zero-order valence-electron chi connectivity index (χ0n) is 16.8. The Morgan fingerprint density at radius 2 is 0.517 bits per heavy atom. The molecule has 29 heavy (non-hydrogen) atoms. The molecule has 0 amide bonds. The standard InChI is InChI=1S/2C13H13P.Ir/c2*1-14(12-8-4-2-5-9-12)13-10-6-3-7-11-13;/h2*2-11H,1H3;. The molecule has 4 aromatic rings. The molecule has 0 nitrogen and oxygen atoms in total. The van der Waals surface area contributed by atoms with E-state index in [-0.39, 0.29) is 35.9 Å². The van der Waals surface area contributed by atoms with E-state index in [0.29, 0.717) is 0 Å². The summed E-state index contributed by atoms with van der Waals surface area (Å²) in [4.78, 5) is 0. The zero-order chi connectivity index (χ0) is 19.6. The van der Waals surface area contributed by atoms with Crippen LogP contribution in [0.25, 0.3) is 0 Å². The van der Waals surface area contributed by atoms with Gasteiger partial charge in [-0.3, -0.25) is 0 Å². The van der Waals surface area contributed by atoms with Crippen LogP contribution in [0.4, 0.5) is 0 Å². The maximum absolute atomic E-state index is 2.31. The van der Waals surface area contributed by atoms with E-state index in [1.165, 1.54) is 21.2 Å². The van der Waals surface area contributed by atoms with Gasteiger partial charge >= 0.3 is 0 Å². The molecular formula is C26H26IrP2. The second-order valence-electron chi connectivity index (χ2n) is 6.46. The molecular weight excluding hydrogens is 566 g/mol. The molecule has 0 fully saturated rings. The first kappa shape index (κ1) is 23.7. The first-order valence-electron chi connectivity index (χ1n) is 9.43. The van der Waals surface area contributed by atoms with Crippen molar-refractivity contribution in [1.29, 1.82) is 0 Å². The van der Waals surface area contributed by atoms with Crippen molar-refractivity contribution in [2.75, 3.05) is 13.3 Å². The van der Waals surface area contributed by atoms with Crippen LogP contribution in [0.2, 0.25) is 0 Å². The minimum atomic E-state index is -0.171. The van der Waals surface area contributed by atoms with Gasteiger partial charge in [0.05, 0.1) is 0 Å². The van der Waals surface area contributed by atoms with Gasteiger partial charge in [-0.05, 0) is 50.4 Å². The topological polar surface area (TPSA) is 0 Å². The number of hydrogen-bond acceptors (Lipinski definition) is 0. The summed E-state index contributed by atoms with van der Waals surface area (Å²) < 4.78 is 0. The van der Waals surface area contributed by atoms with E-state index in [9.17, 15) is 0 Å². The van der Waals surface area contributed by atoms with Crippen LogP contribution < -0.4 is 21.2 Å². The van der Waals surface area contributed by atoms with Crippen molar-refractivity contribution in [3.63, 3.8) is 0 Å². The summed E-state index contributed by atoms with van der Waals surface area (Å²) in [5.74, 6) is 0. The molecule has 0 aromatic heterocycles. The summed E-state index contributed by atoms with van der Waals surface area (Å²) in [6.07, 6.45) is 0. The van der Waals surface area contributed by atoms with Crippen LogP contribution in [0.5, 0.6) is 0 Å². The number of hydrogen-bond donors (Lipinski definition) is 0. The van der Waals surface area contributed by atoms with Crippen molar-refractivity contribution in [2.24, 2.45) is 0 Å². The summed E-state index contributed by atoms with van der Waals surface area (Å²) >= 11 is 0. The van der Waals surface area contributed by atoms with Gasteiger partial charge in [-0.2, -0.15) is 0 Å². The van der Waals surface area contributed by atoms with Crippen molar-refractivity contribution in [2.45, 2.75) is 0 Å². The third-order valence-corrected chi connectivity index (χ3v) is 8.86. The van der Waals surface area contributed by atoms with Gasteiger partial charge < -0.3 is 0 Å². The normalized spacial score (nSPS) is 10.1. The maximum atomic E-state index is 2.31. The molecule has 3 heteroatoms. The van der Waals surface area contributed by atoms with Gasteiger partial charge in [0.15, 0.2) is 0 Å². The van der Waals surface area contributed by atoms with Crippen molar-refractivity contribution < 1.29 is 20.1 Å². The molecule has 0 aliphatic rings. The Hall–Kier alpha value is -1.61. The molecule has 4 rings (SSSR count). The van der Waals surface area contributed by atoms with E-state index in [2.05, 4.69) is 135 Å². The molecule has 0 bridgehead atoms. The monoisotopic (exact) mass is 593 g/mol. The number of benzene rings is 4. The Morgan fingerprint density at radius 1 is 0.345 bits per heavy atom. The Balaban J connectivity index is 0.000000200. The molecule has 0 aliphatic heterocycles. The summed E-state index contributed by atoms with van der Waals surface area (Å²) in [6.45, 7) is 4.61. The molecule has 149 valence electrons. The largest absolute Gasteiger partial charge is 0.0622 e. The van der Waals surface area contributed by atoms with E-state index in [1.54, 1.807) is 0 Å². The molecule has 4 aromatic carbocycles. The van der Waals surface area contributed by atoms with Gasteiger partial charge in [-0.15, -0.1) is 0 Å². The first-order chi connectivity index (χ1) is 13.8. The van der Waals surface area contributed by atoms with Crippen LogP contribution in [0.15, 0.2) is 121 Å². The van der Waals surface area contributed by atoms with Crippen molar-refractivity contribution >= 4 is 37.1 Å². The van der Waals surface area contributed by atoms with Gasteiger partial charge in [0.2, 0.25) is 0 Å². The Labute approximate surface area is 191 Å². The van der Waals surface area contributed by atoms with Gasteiger partial charge in [0, 0.05) is 20.1 Å². The van der Waals surface area contributed by atoms with Crippen LogP contribution >= 0.6 is 15.8 Å². The Bertz CT molecular complexity index is 769. The minimum absolute atomic E-state index is 0. The minimum Gasteiger partial charge on any atom is -0.0622 e. The van der Waals surface area contributed by atoms with Gasteiger partial charge in [-0.25, -0.2) is 0 Å². The second kappa shape index (κ2) is 12.8. The molecule has 0 unspecified atom stereocenters. The molecule has 0 heterocycles. The molecule has 0 atom stereocenters. The zero-order valence-corrected chi connectivity index (χ0v) is 21.0. The summed E-state index contributed by atoms with van der Waals surface area (Å²) in [6, 6.07) is 42.8. The van der Waals surface area contributed by atoms with Crippen LogP contribution in [0.3, 0.4) is 0 Å². The van der Waals surface area contributed by atoms with E-state index in [4.69, 9.17) is 0 Å². The van der Waals surface area contributed by atoms with Crippen LogP contribution in [0, 0.1) is 0 Å². The van der Waals surface area contributed by atoms with E-state index in [1.807, 2.05) is 0 Å². The second-order valence-corrected chi connectivity index (χ2v) is 10.8. The maximum Gasteiger partial charge on any atom is 0 e. The Kier molecular flexibility index (Phi) is 10.5. The first-order valence-corrected chi connectivity index (χ1v) is 13.0. The van der Waals surface area contributed by atoms with Crippen LogP contribution in [0.1, 0.15) is 0 Å². The van der Waals surface area contributed by atoms with Crippen LogP contribution in [-0.4, -0.2) is 13.3 Å². The third-order valence-electron chi connectivity index (χ3n) is 4.57. The third kappa shape index (κ3) is 7.29. The summed E-state index contributed by atoms with van der Waals surface area (Å²) in [5, 5.41) is 5.75. The fourth-order valence-corrected chi connectivity index (χ4v) is 5.98. The molecule has 0 N–H and O–H groups in total. The fraction of sp³-hybridized carbons (Fsp3) is 0.0769. The van der Waals surface area contributed by atoms with Gasteiger partial charge in [-0.1, -0.05) is 121 Å². The van der Waals surface area contributed by atoms with Crippen molar-refractivity contribution in [3.05, 3.63) is 121 Å². The van der Waals surface area contributed by atoms with E-state index < -0.39 is 0 Å². The van der Waals surface area contributed by atoms with Crippen LogP contribution in [-0.2, 0) is 20.1 Å². The van der Waals surface area contributed by atoms with E-state index in [0.717, 1.165) is 0 Å². The molecule has 1 radical (unpaired) electrons. The average Bonchev–Trinajstić information content (AvgIpc) is 2.81. The molecule has 0 saturated carbocycles. The van der Waals surface area contributed by atoms with Gasteiger partial charge in [0.1, 0.15) is 0 Å². The summed E-state index contributed by atoms with van der Waals surface area (Å²) in [5.41, 5.74) is 0. The average molecular weight is 593 g/mol. The quantitative estimate of drug-likeness (QED) is 0.275. The van der Waals surface area contributed by atoms with E-state index >= 15 is 0 Å². The Morgan fingerprint density at radius 3 is 0.690 bits per heavy atom. The smallest absolute Gasteiger partial charge is 0 e. The SMILES string of the molecule is CP(c1ccccc1)c1ccccc1.CP(c1ccccc1)c1ccccc1.[Ir]. The predicted octanol–water partition coefficient (Wildman–Crippen LogP) is 5.50. The van der Waals surface area contributed by atoms with Gasteiger partial charge in [0.25, 0.3) is 0 Å². The molecule has 0 aliphatic carbocycles. The molecule has 0 saturated heterocycles. The molecule has 0 spiro atoms. The van der Waals surface area contributed by atoms with Crippen molar-refractivity contribution in [1.82, 2.24) is 0 Å². The fourth-order valence-electron chi connectivity index (χ4n) is 2.90. The summed E-state index contributed by atoms with van der Waals surface area (Å²) in [7, 11) is -0.342.